The van der Waals surface area contributed by atoms with E-state index < -0.39 is 0 Å². The molecule has 5 nitrogen and oxygen atoms in total. The molecule has 2 aromatic heterocycles. The smallest absolute Gasteiger partial charge is 0.170 e. The zero-order valence-corrected chi connectivity index (χ0v) is 15.7. The normalized spacial score (nSPS) is 12.0. The van der Waals surface area contributed by atoms with Gasteiger partial charge >= 0.3 is 0 Å². The summed E-state index contributed by atoms with van der Waals surface area (Å²) in [4.78, 5) is 8.38. The van der Waals surface area contributed by atoms with Gasteiger partial charge in [-0.25, -0.2) is 4.98 Å². The monoisotopic (exact) mass is 360 g/mol. The molecule has 0 aliphatic heterocycles. The molecule has 0 radical (unpaired) electrons. The van der Waals surface area contributed by atoms with Crippen LogP contribution >= 0.6 is 0 Å². The first-order chi connectivity index (χ1) is 13.2. The Hall–Kier alpha value is -3.21. The van der Waals surface area contributed by atoms with Crippen LogP contribution in [-0.2, 0) is 12.8 Å². The highest BCUT2D eigenvalue weighted by Crippen LogP contribution is 2.25. The molecule has 3 aromatic rings. The number of nitrogens with two attached hydrogens (primary N) is 1. The summed E-state index contributed by atoms with van der Waals surface area (Å²) in [5, 5.41) is 4.16. The molecule has 2 N–H and O–H groups in total. The largest absolute Gasteiger partial charge is 0.383 e. The van der Waals surface area contributed by atoms with E-state index in [0.29, 0.717) is 18.0 Å². The lowest BCUT2D eigenvalue weighted by atomic mass is 10.0. The van der Waals surface area contributed by atoms with E-state index in [2.05, 4.69) is 45.5 Å². The zero-order valence-electron chi connectivity index (χ0n) is 15.7. The van der Waals surface area contributed by atoms with Gasteiger partial charge in [-0.2, -0.15) is 0 Å². The molecule has 27 heavy (non-hydrogen) atoms. The second-order valence-corrected chi connectivity index (χ2v) is 6.33. The molecular formula is C22H24N4O. The van der Waals surface area contributed by atoms with E-state index in [9.17, 15) is 0 Å². The van der Waals surface area contributed by atoms with Crippen molar-refractivity contribution < 1.29 is 4.52 Å². The maximum atomic E-state index is 5.90. The van der Waals surface area contributed by atoms with E-state index >= 15 is 0 Å². The fraction of sp³-hybridized carbons (Fsp3) is 0.227. The number of aliphatic imine (C=N–C) groups is 1. The number of aryl methyl sites for hydroxylation is 1. The van der Waals surface area contributed by atoms with Gasteiger partial charge in [0.05, 0.1) is 11.3 Å². The average Bonchev–Trinajstić information content (AvgIpc) is 3.15. The summed E-state index contributed by atoms with van der Waals surface area (Å²) in [5.74, 6) is 1.08. The Bertz CT molecular complexity index is 939. The van der Waals surface area contributed by atoms with Crippen molar-refractivity contribution in [1.29, 1.82) is 0 Å². The number of hydrogen-bond donors (Lipinski definition) is 1. The Labute approximate surface area is 159 Å². The highest BCUT2D eigenvalue weighted by Gasteiger charge is 2.10. The first kappa shape index (κ1) is 18.6. The molecule has 0 aliphatic rings. The highest BCUT2D eigenvalue weighted by molar-refractivity contribution is 5.94. The molecule has 0 amide bonds. The number of hydrogen-bond acceptors (Lipinski definition) is 5. The number of aromatic nitrogens is 2. The van der Waals surface area contributed by atoms with E-state index in [1.165, 1.54) is 11.1 Å². The second-order valence-electron chi connectivity index (χ2n) is 6.33. The Morgan fingerprint density at radius 2 is 1.96 bits per heavy atom. The molecular weight excluding hydrogens is 336 g/mol. The summed E-state index contributed by atoms with van der Waals surface area (Å²) < 4.78 is 5.44. The molecule has 1 aromatic carbocycles. The van der Waals surface area contributed by atoms with Crippen molar-refractivity contribution in [2.45, 2.75) is 26.2 Å². The van der Waals surface area contributed by atoms with Gasteiger partial charge in [0.1, 0.15) is 5.82 Å². The Morgan fingerprint density at radius 3 is 2.67 bits per heavy atom. The van der Waals surface area contributed by atoms with Gasteiger partial charge in [0.2, 0.25) is 0 Å². The molecule has 2 heterocycles. The number of pyridine rings is 1. The lowest BCUT2D eigenvalue weighted by molar-refractivity contribution is 0.425. The summed E-state index contributed by atoms with van der Waals surface area (Å²) in [5.41, 5.74) is 11.1. The van der Waals surface area contributed by atoms with Crippen molar-refractivity contribution in [3.05, 3.63) is 77.6 Å². The van der Waals surface area contributed by atoms with Crippen molar-refractivity contribution in [3.63, 3.8) is 0 Å². The molecule has 0 bridgehead atoms. The molecule has 0 spiro atoms. The molecule has 0 unspecified atom stereocenters. The molecule has 0 saturated heterocycles. The van der Waals surface area contributed by atoms with Crippen LogP contribution in [0.4, 0.5) is 5.82 Å². The van der Waals surface area contributed by atoms with Crippen molar-refractivity contribution >= 4 is 11.5 Å². The van der Waals surface area contributed by atoms with Crippen LogP contribution in [0.3, 0.4) is 0 Å². The minimum Gasteiger partial charge on any atom is -0.383 e. The van der Waals surface area contributed by atoms with Crippen LogP contribution in [0.5, 0.6) is 0 Å². The van der Waals surface area contributed by atoms with Gasteiger partial charge in [0, 0.05) is 31.4 Å². The van der Waals surface area contributed by atoms with Crippen LogP contribution in [0.15, 0.2) is 70.3 Å². The quantitative estimate of drug-likeness (QED) is 0.630. The van der Waals surface area contributed by atoms with Crippen LogP contribution in [-0.4, -0.2) is 22.9 Å². The Morgan fingerprint density at radius 1 is 1.19 bits per heavy atom. The van der Waals surface area contributed by atoms with Gasteiger partial charge < -0.3 is 10.3 Å². The van der Waals surface area contributed by atoms with E-state index in [4.69, 9.17) is 10.3 Å². The first-order valence-electron chi connectivity index (χ1n) is 9.02. The average molecular weight is 360 g/mol. The fourth-order valence-electron chi connectivity index (χ4n) is 2.92. The number of allylic oxidation sites excluding steroid dienone is 2. The van der Waals surface area contributed by atoms with Gasteiger partial charge in [-0.1, -0.05) is 35.5 Å². The van der Waals surface area contributed by atoms with Crippen molar-refractivity contribution in [3.8, 4) is 11.3 Å². The number of nitrogen functional groups attached to an aromatic ring is 1. The third-order valence-corrected chi connectivity index (χ3v) is 4.39. The topological polar surface area (TPSA) is 77.3 Å². The Balaban J connectivity index is 1.63. The zero-order chi connectivity index (χ0) is 19.1. The van der Waals surface area contributed by atoms with Crippen molar-refractivity contribution in [2.24, 2.45) is 4.99 Å². The molecule has 0 fully saturated rings. The summed E-state index contributed by atoms with van der Waals surface area (Å²) in [6, 6.07) is 14.2. The standard InChI is InChI=1S/C22H24N4O/c1-3-5-18(24-2)12-11-16-7-9-17(10-8-16)14-19-15-21(27-26-19)20-6-4-13-25-22(20)23/h3-10,13,15H,11-12,14H2,1-2H3,(H2,23,25)/b5-3-,24-18?. The number of benzene rings is 1. The van der Waals surface area contributed by atoms with E-state index in [1.54, 1.807) is 6.20 Å². The van der Waals surface area contributed by atoms with Crippen molar-refractivity contribution in [2.75, 3.05) is 12.8 Å². The van der Waals surface area contributed by atoms with Gasteiger partial charge in [-0.05, 0) is 49.1 Å². The Kier molecular flexibility index (Phi) is 6.15. The minimum atomic E-state index is 0.442. The summed E-state index contributed by atoms with van der Waals surface area (Å²) >= 11 is 0. The van der Waals surface area contributed by atoms with Gasteiger partial charge in [-0.15, -0.1) is 0 Å². The van der Waals surface area contributed by atoms with Crippen LogP contribution < -0.4 is 5.73 Å². The van der Waals surface area contributed by atoms with Gasteiger partial charge in [-0.3, -0.25) is 4.99 Å². The maximum Gasteiger partial charge on any atom is 0.170 e. The second kappa shape index (κ2) is 8.94. The summed E-state index contributed by atoms with van der Waals surface area (Å²) in [6.45, 7) is 2.01. The van der Waals surface area contributed by atoms with Gasteiger partial charge in [0.15, 0.2) is 5.76 Å². The number of anilines is 1. The van der Waals surface area contributed by atoms with Crippen LogP contribution in [0.25, 0.3) is 11.3 Å². The molecule has 3 rings (SSSR count). The highest BCUT2D eigenvalue weighted by atomic mass is 16.5. The number of rotatable bonds is 7. The SMILES string of the molecule is C/C=C\C(CCc1ccc(Cc2cc(-c3cccnc3N)on2)cc1)=NC. The van der Waals surface area contributed by atoms with Crippen LogP contribution in [0, 0.1) is 0 Å². The lowest BCUT2D eigenvalue weighted by Gasteiger charge is -2.04. The molecule has 5 heteroatoms. The molecule has 0 aliphatic carbocycles. The van der Waals surface area contributed by atoms with Crippen LogP contribution in [0.1, 0.15) is 30.2 Å². The van der Waals surface area contributed by atoms with Crippen molar-refractivity contribution in [1.82, 2.24) is 10.1 Å². The molecule has 138 valence electrons. The van der Waals surface area contributed by atoms with E-state index in [0.717, 1.165) is 29.8 Å². The van der Waals surface area contributed by atoms with E-state index in [1.807, 2.05) is 38.2 Å². The molecule has 0 atom stereocenters. The predicted molar refractivity (Wildman–Crippen MR) is 110 cm³/mol. The third-order valence-electron chi connectivity index (χ3n) is 4.39. The third kappa shape index (κ3) is 4.91. The number of nitrogens with zero attached hydrogens (tertiary/aromatic N) is 3. The summed E-state index contributed by atoms with van der Waals surface area (Å²) in [6.07, 6.45) is 8.38. The minimum absolute atomic E-state index is 0.442. The summed E-state index contributed by atoms with van der Waals surface area (Å²) in [7, 11) is 1.84. The maximum absolute atomic E-state index is 5.90. The predicted octanol–water partition coefficient (Wildman–Crippen LogP) is 4.49. The first-order valence-corrected chi connectivity index (χ1v) is 9.02. The van der Waals surface area contributed by atoms with E-state index in [-0.39, 0.29) is 0 Å². The molecule has 0 saturated carbocycles. The fourth-order valence-corrected chi connectivity index (χ4v) is 2.92. The lowest BCUT2D eigenvalue weighted by Crippen LogP contribution is -1.97. The van der Waals surface area contributed by atoms with Crippen LogP contribution in [0.2, 0.25) is 0 Å². The van der Waals surface area contributed by atoms with Gasteiger partial charge in [0.25, 0.3) is 0 Å².